The molecule has 1 atom stereocenters. The van der Waals surface area contributed by atoms with Crippen LogP contribution in [0.5, 0.6) is 0 Å². The lowest BCUT2D eigenvalue weighted by Crippen LogP contribution is -2.45. The van der Waals surface area contributed by atoms with Gasteiger partial charge in [0.15, 0.2) is 0 Å². The molecule has 0 aromatic carbocycles. The summed E-state index contributed by atoms with van der Waals surface area (Å²) in [6, 6.07) is -1.13. The standard InChI is InChI=1S/C12H21NO6/c1-12(2,3)19-11(17)13(4)8(10(15)16)6-7-9(14)18-5/h8H,6-7H2,1-5H3,(H,15,16)/t8-/m1/s1. The normalized spacial score (nSPS) is 12.5. The van der Waals surface area contributed by atoms with E-state index in [0.29, 0.717) is 0 Å². The van der Waals surface area contributed by atoms with Gasteiger partial charge in [0.25, 0.3) is 0 Å². The van der Waals surface area contributed by atoms with E-state index in [1.54, 1.807) is 20.8 Å². The Balaban J connectivity index is 4.66. The van der Waals surface area contributed by atoms with Crippen LogP contribution in [0.25, 0.3) is 0 Å². The maximum atomic E-state index is 11.7. The third-order valence-electron chi connectivity index (χ3n) is 2.28. The fraction of sp³-hybridized carbons (Fsp3) is 0.750. The smallest absolute Gasteiger partial charge is 0.410 e. The lowest BCUT2D eigenvalue weighted by molar-refractivity contribution is -0.144. The van der Waals surface area contributed by atoms with E-state index < -0.39 is 29.7 Å². The predicted molar refractivity (Wildman–Crippen MR) is 66.7 cm³/mol. The summed E-state index contributed by atoms with van der Waals surface area (Å²) in [5.41, 5.74) is -0.712. The summed E-state index contributed by atoms with van der Waals surface area (Å²) in [6.07, 6.45) is -0.858. The summed E-state index contributed by atoms with van der Waals surface area (Å²) < 4.78 is 9.51. The molecule has 7 heteroatoms. The Kier molecular flexibility index (Phi) is 6.31. The van der Waals surface area contributed by atoms with Crippen molar-refractivity contribution in [1.29, 1.82) is 0 Å². The Bertz CT molecular complexity index is 347. The van der Waals surface area contributed by atoms with Crippen LogP contribution in [0.1, 0.15) is 33.6 Å². The van der Waals surface area contributed by atoms with Crippen LogP contribution in [0.3, 0.4) is 0 Å². The average molecular weight is 275 g/mol. The fourth-order valence-corrected chi connectivity index (χ4v) is 1.30. The maximum absolute atomic E-state index is 11.7. The molecule has 0 bridgehead atoms. The molecule has 1 N–H and O–H groups in total. The number of carboxylic acids is 1. The highest BCUT2D eigenvalue weighted by atomic mass is 16.6. The molecule has 0 heterocycles. The third kappa shape index (κ3) is 6.64. The number of carboxylic acid groups (broad SMARTS) is 1. The number of hydrogen-bond donors (Lipinski definition) is 1. The molecule has 0 aliphatic rings. The number of aliphatic carboxylic acids is 1. The van der Waals surface area contributed by atoms with Crippen molar-refractivity contribution in [3.8, 4) is 0 Å². The number of amides is 1. The number of ether oxygens (including phenoxy) is 2. The molecule has 110 valence electrons. The monoisotopic (exact) mass is 275 g/mol. The molecule has 0 spiro atoms. The molecular weight excluding hydrogens is 254 g/mol. The quantitative estimate of drug-likeness (QED) is 0.759. The number of hydrogen-bond acceptors (Lipinski definition) is 5. The number of methoxy groups -OCH3 is 1. The topological polar surface area (TPSA) is 93.1 Å². The first kappa shape index (κ1) is 17.2. The molecule has 0 unspecified atom stereocenters. The zero-order valence-electron chi connectivity index (χ0n) is 11.9. The molecule has 0 aliphatic carbocycles. The van der Waals surface area contributed by atoms with E-state index in [0.717, 1.165) is 4.90 Å². The Morgan fingerprint density at radius 2 is 1.79 bits per heavy atom. The van der Waals surface area contributed by atoms with Gasteiger partial charge in [-0.15, -0.1) is 0 Å². The summed E-state index contributed by atoms with van der Waals surface area (Å²) in [5.74, 6) is -1.72. The Hall–Kier alpha value is -1.79. The Labute approximate surface area is 112 Å². The van der Waals surface area contributed by atoms with Gasteiger partial charge >= 0.3 is 18.0 Å². The van der Waals surface area contributed by atoms with Crippen LogP contribution >= 0.6 is 0 Å². The van der Waals surface area contributed by atoms with E-state index in [2.05, 4.69) is 4.74 Å². The molecule has 0 rings (SSSR count). The molecule has 0 aromatic rings. The SMILES string of the molecule is COC(=O)CC[C@H](C(=O)O)N(C)C(=O)OC(C)(C)C. The van der Waals surface area contributed by atoms with Crippen molar-refractivity contribution >= 4 is 18.0 Å². The molecule has 0 saturated heterocycles. The largest absolute Gasteiger partial charge is 0.480 e. The summed E-state index contributed by atoms with van der Waals surface area (Å²) in [5, 5.41) is 9.07. The van der Waals surface area contributed by atoms with Crippen LogP contribution in [-0.2, 0) is 19.1 Å². The van der Waals surface area contributed by atoms with E-state index in [-0.39, 0.29) is 12.8 Å². The summed E-state index contributed by atoms with van der Waals surface area (Å²) in [7, 11) is 2.54. The number of rotatable bonds is 5. The van der Waals surface area contributed by atoms with Crippen LogP contribution in [0.15, 0.2) is 0 Å². The van der Waals surface area contributed by atoms with E-state index >= 15 is 0 Å². The zero-order valence-corrected chi connectivity index (χ0v) is 11.9. The van der Waals surface area contributed by atoms with Gasteiger partial charge in [0.1, 0.15) is 11.6 Å². The molecule has 7 nitrogen and oxygen atoms in total. The lowest BCUT2D eigenvalue weighted by atomic mass is 10.1. The van der Waals surface area contributed by atoms with Crippen molar-refractivity contribution in [3.63, 3.8) is 0 Å². The van der Waals surface area contributed by atoms with Gasteiger partial charge in [-0.2, -0.15) is 0 Å². The van der Waals surface area contributed by atoms with Crippen molar-refractivity contribution in [3.05, 3.63) is 0 Å². The van der Waals surface area contributed by atoms with Crippen LogP contribution in [0.2, 0.25) is 0 Å². The highest BCUT2D eigenvalue weighted by Gasteiger charge is 2.30. The zero-order chi connectivity index (χ0) is 15.2. The van der Waals surface area contributed by atoms with Crippen LogP contribution in [0.4, 0.5) is 4.79 Å². The molecular formula is C12H21NO6. The highest BCUT2D eigenvalue weighted by Crippen LogP contribution is 2.13. The van der Waals surface area contributed by atoms with E-state index in [4.69, 9.17) is 9.84 Å². The van der Waals surface area contributed by atoms with Gasteiger partial charge in [0.05, 0.1) is 7.11 Å². The second-order valence-corrected chi connectivity index (χ2v) is 5.06. The molecule has 0 fully saturated rings. The van der Waals surface area contributed by atoms with Crippen molar-refractivity contribution < 1.29 is 29.0 Å². The molecule has 0 aromatic heterocycles. The average Bonchev–Trinajstić information content (AvgIpc) is 2.25. The molecule has 0 radical (unpaired) electrons. The first-order chi connectivity index (χ1) is 8.58. The predicted octanol–water partition coefficient (Wildman–Crippen LogP) is 1.26. The second kappa shape index (κ2) is 6.96. The van der Waals surface area contributed by atoms with Gasteiger partial charge in [-0.1, -0.05) is 0 Å². The fourth-order valence-electron chi connectivity index (χ4n) is 1.30. The van der Waals surface area contributed by atoms with Crippen molar-refractivity contribution in [2.45, 2.75) is 45.3 Å². The van der Waals surface area contributed by atoms with Crippen molar-refractivity contribution in [2.75, 3.05) is 14.2 Å². The summed E-state index contributed by atoms with van der Waals surface area (Å²) in [4.78, 5) is 34.8. The van der Waals surface area contributed by atoms with Gasteiger partial charge < -0.3 is 14.6 Å². The van der Waals surface area contributed by atoms with Gasteiger partial charge in [0.2, 0.25) is 0 Å². The highest BCUT2D eigenvalue weighted by molar-refractivity contribution is 5.80. The van der Waals surface area contributed by atoms with E-state index in [1.807, 2.05) is 0 Å². The number of nitrogens with zero attached hydrogens (tertiary/aromatic N) is 1. The lowest BCUT2D eigenvalue weighted by Gasteiger charge is -2.28. The van der Waals surface area contributed by atoms with Crippen LogP contribution in [-0.4, -0.2) is 53.8 Å². The van der Waals surface area contributed by atoms with E-state index in [9.17, 15) is 14.4 Å². The van der Waals surface area contributed by atoms with Gasteiger partial charge in [0, 0.05) is 13.5 Å². The molecule has 0 aliphatic heterocycles. The van der Waals surface area contributed by atoms with Crippen LogP contribution in [0, 0.1) is 0 Å². The van der Waals surface area contributed by atoms with Gasteiger partial charge in [-0.05, 0) is 27.2 Å². The Morgan fingerprint density at radius 1 is 1.26 bits per heavy atom. The minimum absolute atomic E-state index is 0.0300. The maximum Gasteiger partial charge on any atom is 0.410 e. The third-order valence-corrected chi connectivity index (χ3v) is 2.28. The molecule has 1 amide bonds. The minimum Gasteiger partial charge on any atom is -0.480 e. The van der Waals surface area contributed by atoms with Crippen molar-refractivity contribution in [1.82, 2.24) is 4.90 Å². The number of carbonyl (C=O) groups is 3. The number of carbonyl (C=O) groups excluding carboxylic acids is 2. The van der Waals surface area contributed by atoms with Gasteiger partial charge in [-0.25, -0.2) is 9.59 Å². The molecule has 0 saturated carbocycles. The number of likely N-dealkylation sites (N-methyl/N-ethyl adjacent to an activating group) is 1. The number of esters is 1. The van der Waals surface area contributed by atoms with E-state index in [1.165, 1.54) is 14.2 Å². The first-order valence-electron chi connectivity index (χ1n) is 5.84. The summed E-state index contributed by atoms with van der Waals surface area (Å²) in [6.45, 7) is 5.05. The first-order valence-corrected chi connectivity index (χ1v) is 5.84. The minimum atomic E-state index is -1.20. The van der Waals surface area contributed by atoms with Crippen molar-refractivity contribution in [2.24, 2.45) is 0 Å². The Morgan fingerprint density at radius 3 is 2.16 bits per heavy atom. The van der Waals surface area contributed by atoms with Crippen LogP contribution < -0.4 is 0 Å². The van der Waals surface area contributed by atoms with Gasteiger partial charge in [-0.3, -0.25) is 9.69 Å². The molecule has 19 heavy (non-hydrogen) atoms. The summed E-state index contributed by atoms with van der Waals surface area (Å²) >= 11 is 0. The second-order valence-electron chi connectivity index (χ2n) is 5.06.